The maximum atomic E-state index is 4.45. The molecule has 0 aromatic heterocycles. The van der Waals surface area contributed by atoms with Crippen LogP contribution in [-0.2, 0) is 0 Å². The number of hydrogen-bond acceptors (Lipinski definition) is 2. The molecule has 1 atom stereocenters. The van der Waals surface area contributed by atoms with Gasteiger partial charge in [0.2, 0.25) is 0 Å². The number of aliphatic imine (C=N–C) groups is 2. The lowest BCUT2D eigenvalue weighted by atomic mass is 9.90. The van der Waals surface area contributed by atoms with E-state index in [4.69, 9.17) is 0 Å². The second-order valence-corrected chi connectivity index (χ2v) is 2.97. The lowest BCUT2D eigenvalue weighted by Gasteiger charge is -2.23. The number of rotatable bonds is 0. The highest BCUT2D eigenvalue weighted by Gasteiger charge is 2.19. The SMILES string of the molecule is C1=NCC2=NCCCC2C1. The summed E-state index contributed by atoms with van der Waals surface area (Å²) in [6.45, 7) is 1.92. The molecule has 2 heteroatoms. The third-order valence-electron chi connectivity index (χ3n) is 2.27. The zero-order valence-electron chi connectivity index (χ0n) is 6.08. The molecule has 0 saturated heterocycles. The second-order valence-electron chi connectivity index (χ2n) is 2.97. The number of nitrogens with zero attached hydrogens (tertiary/aromatic N) is 2. The molecule has 0 amide bonds. The highest BCUT2D eigenvalue weighted by molar-refractivity contribution is 5.93. The Morgan fingerprint density at radius 2 is 2.50 bits per heavy atom. The molecule has 54 valence electrons. The Bertz CT molecular complexity index is 182. The topological polar surface area (TPSA) is 24.7 Å². The van der Waals surface area contributed by atoms with E-state index in [9.17, 15) is 0 Å². The minimum Gasteiger partial charge on any atom is -0.292 e. The van der Waals surface area contributed by atoms with Gasteiger partial charge in [-0.25, -0.2) is 0 Å². The quantitative estimate of drug-likeness (QED) is 0.479. The number of hydrogen-bond donors (Lipinski definition) is 0. The Kier molecular flexibility index (Phi) is 1.53. The van der Waals surface area contributed by atoms with Crippen molar-refractivity contribution in [2.45, 2.75) is 19.3 Å². The van der Waals surface area contributed by atoms with Crippen molar-refractivity contribution in [3.63, 3.8) is 0 Å². The van der Waals surface area contributed by atoms with Gasteiger partial charge in [-0.1, -0.05) is 0 Å². The molecule has 2 aliphatic rings. The lowest BCUT2D eigenvalue weighted by Crippen LogP contribution is -2.25. The largest absolute Gasteiger partial charge is 0.292 e. The van der Waals surface area contributed by atoms with Crippen LogP contribution in [0.1, 0.15) is 19.3 Å². The third-order valence-corrected chi connectivity index (χ3v) is 2.27. The van der Waals surface area contributed by atoms with Crippen LogP contribution in [0.2, 0.25) is 0 Å². The van der Waals surface area contributed by atoms with Crippen molar-refractivity contribution < 1.29 is 0 Å². The summed E-state index contributed by atoms with van der Waals surface area (Å²) in [7, 11) is 0. The molecule has 10 heavy (non-hydrogen) atoms. The first-order valence-corrected chi connectivity index (χ1v) is 3.98. The first-order valence-electron chi connectivity index (χ1n) is 3.98. The highest BCUT2D eigenvalue weighted by atomic mass is 14.8. The molecule has 2 nitrogen and oxygen atoms in total. The standard InChI is InChI=1S/C8H12N2/c1-2-7-3-5-9-6-8(7)10-4-1/h5,7H,1-4,6H2. The first-order chi connectivity index (χ1) is 4.97. The molecular weight excluding hydrogens is 124 g/mol. The van der Waals surface area contributed by atoms with Gasteiger partial charge in [-0.2, -0.15) is 0 Å². The average Bonchev–Trinajstić information content (AvgIpc) is 2.05. The fraction of sp³-hybridized carbons (Fsp3) is 0.750. The van der Waals surface area contributed by atoms with Gasteiger partial charge in [0, 0.05) is 18.2 Å². The van der Waals surface area contributed by atoms with E-state index in [1.807, 2.05) is 0 Å². The highest BCUT2D eigenvalue weighted by Crippen LogP contribution is 2.19. The van der Waals surface area contributed by atoms with Gasteiger partial charge in [-0.3, -0.25) is 9.98 Å². The Labute approximate surface area is 61.1 Å². The van der Waals surface area contributed by atoms with Crippen LogP contribution in [0.25, 0.3) is 0 Å². The van der Waals surface area contributed by atoms with E-state index in [-0.39, 0.29) is 0 Å². The van der Waals surface area contributed by atoms with E-state index >= 15 is 0 Å². The zero-order valence-corrected chi connectivity index (χ0v) is 6.08. The monoisotopic (exact) mass is 136 g/mol. The Morgan fingerprint density at radius 1 is 1.50 bits per heavy atom. The molecule has 2 heterocycles. The zero-order chi connectivity index (χ0) is 6.81. The summed E-state index contributed by atoms with van der Waals surface area (Å²) in [6.07, 6.45) is 5.81. The third kappa shape index (κ3) is 0.981. The van der Waals surface area contributed by atoms with Gasteiger partial charge < -0.3 is 0 Å². The van der Waals surface area contributed by atoms with Crippen LogP contribution in [0.5, 0.6) is 0 Å². The fourth-order valence-electron chi connectivity index (χ4n) is 1.65. The molecule has 1 unspecified atom stereocenters. The predicted octanol–water partition coefficient (Wildman–Crippen LogP) is 1.31. The Balaban J connectivity index is 2.17. The maximum Gasteiger partial charge on any atom is 0.0767 e. The van der Waals surface area contributed by atoms with Crippen LogP contribution in [0.3, 0.4) is 0 Å². The first kappa shape index (κ1) is 6.08. The second kappa shape index (κ2) is 2.52. The molecule has 2 rings (SSSR count). The summed E-state index contributed by atoms with van der Waals surface area (Å²) in [6, 6.07) is 0. The lowest BCUT2D eigenvalue weighted by molar-refractivity contribution is 0.574. The molecule has 0 fully saturated rings. The van der Waals surface area contributed by atoms with Crippen LogP contribution in [0.4, 0.5) is 0 Å². The molecule has 0 bridgehead atoms. The number of fused-ring (bicyclic) bond motifs is 1. The van der Waals surface area contributed by atoms with E-state index in [1.54, 1.807) is 0 Å². The Hall–Kier alpha value is -0.660. The minimum absolute atomic E-state index is 0.756. The summed E-state index contributed by atoms with van der Waals surface area (Å²) in [5, 5.41) is 0. The van der Waals surface area contributed by atoms with E-state index < -0.39 is 0 Å². The van der Waals surface area contributed by atoms with Crippen LogP contribution < -0.4 is 0 Å². The van der Waals surface area contributed by atoms with Crippen molar-refractivity contribution in [1.29, 1.82) is 0 Å². The molecule has 0 aromatic carbocycles. The molecule has 0 aromatic rings. The summed E-state index contributed by atoms with van der Waals surface area (Å²) in [5.74, 6) is 0.756. The van der Waals surface area contributed by atoms with Crippen molar-refractivity contribution in [3.8, 4) is 0 Å². The van der Waals surface area contributed by atoms with Gasteiger partial charge in [0.1, 0.15) is 0 Å². The van der Waals surface area contributed by atoms with E-state index in [2.05, 4.69) is 16.2 Å². The van der Waals surface area contributed by atoms with Crippen LogP contribution in [0, 0.1) is 5.92 Å². The normalized spacial score (nSPS) is 31.2. The average molecular weight is 136 g/mol. The van der Waals surface area contributed by atoms with Crippen molar-refractivity contribution in [3.05, 3.63) is 0 Å². The molecule has 2 aliphatic heterocycles. The van der Waals surface area contributed by atoms with Crippen molar-refractivity contribution in [2.24, 2.45) is 15.9 Å². The van der Waals surface area contributed by atoms with Crippen LogP contribution >= 0.6 is 0 Å². The van der Waals surface area contributed by atoms with Crippen molar-refractivity contribution >= 4 is 11.9 Å². The van der Waals surface area contributed by atoms with Gasteiger partial charge in [-0.15, -0.1) is 0 Å². The summed E-state index contributed by atoms with van der Waals surface area (Å²) in [5.41, 5.74) is 1.36. The van der Waals surface area contributed by atoms with E-state index in [0.717, 1.165) is 25.4 Å². The molecular formula is C8H12N2. The molecule has 0 spiro atoms. The van der Waals surface area contributed by atoms with Crippen molar-refractivity contribution in [1.82, 2.24) is 0 Å². The van der Waals surface area contributed by atoms with Gasteiger partial charge in [0.25, 0.3) is 0 Å². The molecule has 0 N–H and O–H groups in total. The van der Waals surface area contributed by atoms with E-state index in [0.29, 0.717) is 0 Å². The summed E-state index contributed by atoms with van der Waals surface area (Å²) >= 11 is 0. The maximum absolute atomic E-state index is 4.45. The van der Waals surface area contributed by atoms with Gasteiger partial charge in [-0.05, 0) is 25.5 Å². The molecule has 0 saturated carbocycles. The minimum atomic E-state index is 0.756. The summed E-state index contributed by atoms with van der Waals surface area (Å²) in [4.78, 5) is 8.66. The van der Waals surface area contributed by atoms with Crippen LogP contribution in [-0.4, -0.2) is 25.0 Å². The molecule has 0 aliphatic carbocycles. The van der Waals surface area contributed by atoms with Crippen molar-refractivity contribution in [2.75, 3.05) is 13.1 Å². The molecule has 0 radical (unpaired) electrons. The Morgan fingerprint density at radius 3 is 3.40 bits per heavy atom. The smallest absolute Gasteiger partial charge is 0.0767 e. The predicted molar refractivity (Wildman–Crippen MR) is 43.0 cm³/mol. The van der Waals surface area contributed by atoms with Crippen LogP contribution in [0.15, 0.2) is 9.98 Å². The van der Waals surface area contributed by atoms with Gasteiger partial charge in [0.05, 0.1) is 6.54 Å². The van der Waals surface area contributed by atoms with E-state index in [1.165, 1.54) is 18.6 Å². The fourth-order valence-corrected chi connectivity index (χ4v) is 1.65. The summed E-state index contributed by atoms with van der Waals surface area (Å²) < 4.78 is 0. The van der Waals surface area contributed by atoms with Gasteiger partial charge in [0.15, 0.2) is 0 Å². The van der Waals surface area contributed by atoms with Gasteiger partial charge >= 0.3 is 0 Å².